The molecule has 0 radical (unpaired) electrons. The molecule has 8 rings (SSSR count). The van der Waals surface area contributed by atoms with Gasteiger partial charge in [0.1, 0.15) is 11.5 Å². The van der Waals surface area contributed by atoms with Crippen molar-refractivity contribution in [3.05, 3.63) is 211 Å². The van der Waals surface area contributed by atoms with Crippen molar-refractivity contribution >= 4 is 67.5 Å². The maximum absolute atomic E-state index is 15.5. The predicted molar refractivity (Wildman–Crippen MR) is 285 cm³/mol. The molecule has 1 aliphatic rings. The number of benzene rings is 7. The molecular formula is C55H64O7Si5. The molecule has 1 N–H and O–H groups in total. The van der Waals surface area contributed by atoms with E-state index in [9.17, 15) is 0 Å². The maximum atomic E-state index is 15.5. The van der Waals surface area contributed by atoms with Crippen LogP contribution in [-0.2, 0) is 29.3 Å². The Morgan fingerprint density at radius 1 is 0.358 bits per heavy atom. The van der Waals surface area contributed by atoms with Crippen LogP contribution < -0.4 is 35.1 Å². The first-order chi connectivity index (χ1) is 31.8. The van der Waals surface area contributed by atoms with E-state index in [0.29, 0.717) is 22.6 Å². The number of aliphatic hydroxyl groups is 1. The van der Waals surface area contributed by atoms with Gasteiger partial charge in [0.2, 0.25) is 39.1 Å². The second-order valence-electron chi connectivity index (χ2n) is 19.9. The maximum Gasteiger partial charge on any atom is 0.288 e. The van der Waals surface area contributed by atoms with Crippen LogP contribution in [0.25, 0.3) is 0 Å². The van der Waals surface area contributed by atoms with Crippen LogP contribution in [0.5, 0.6) is 11.5 Å². The first-order valence-electron chi connectivity index (χ1n) is 23.1. The molecule has 0 bridgehead atoms. The van der Waals surface area contributed by atoms with Crippen molar-refractivity contribution in [2.24, 2.45) is 0 Å². The van der Waals surface area contributed by atoms with Crippen molar-refractivity contribution in [2.45, 2.75) is 82.8 Å². The molecule has 1 aliphatic heterocycles. The highest BCUT2D eigenvalue weighted by atomic mass is 28.4. The van der Waals surface area contributed by atoms with Gasteiger partial charge < -0.3 is 32.0 Å². The Labute approximate surface area is 403 Å². The molecule has 2 unspecified atom stereocenters. The minimum Gasteiger partial charge on any atom is -0.539 e. The highest BCUT2D eigenvalue weighted by molar-refractivity contribution is 6.87. The van der Waals surface area contributed by atoms with Crippen LogP contribution in [-0.4, -0.2) is 52.5 Å². The van der Waals surface area contributed by atoms with Gasteiger partial charge in [0.25, 0.3) is 19.9 Å². The normalized spacial score (nSPS) is 18.7. The van der Waals surface area contributed by atoms with Crippen molar-refractivity contribution in [1.29, 1.82) is 0 Å². The molecule has 0 aliphatic carbocycles. The molecule has 7 aromatic rings. The summed E-state index contributed by atoms with van der Waals surface area (Å²) in [5.74, 6) is -6.09. The zero-order chi connectivity index (χ0) is 47.8. The van der Waals surface area contributed by atoms with Crippen LogP contribution in [0.15, 0.2) is 200 Å². The number of ether oxygens (including phenoxy) is 1. The van der Waals surface area contributed by atoms with Crippen LogP contribution in [0, 0.1) is 0 Å². The topological polar surface area (TPSA) is 75.6 Å². The molecule has 0 amide bonds. The summed E-state index contributed by atoms with van der Waals surface area (Å²) in [6.45, 7) is 21.4. The lowest BCUT2D eigenvalue weighted by molar-refractivity contribution is -0.443. The average molecular weight is 978 g/mol. The summed E-state index contributed by atoms with van der Waals surface area (Å²) in [7, 11) is -15.8. The van der Waals surface area contributed by atoms with E-state index in [4.69, 9.17) is 26.9 Å². The van der Waals surface area contributed by atoms with Crippen molar-refractivity contribution < 1.29 is 32.0 Å². The molecule has 2 atom stereocenters. The van der Waals surface area contributed by atoms with Gasteiger partial charge in [-0.2, -0.15) is 0 Å². The van der Waals surface area contributed by atoms with Crippen LogP contribution in [0.2, 0.25) is 65.5 Å². The molecule has 0 saturated carbocycles. The van der Waals surface area contributed by atoms with Gasteiger partial charge in [-0.25, -0.2) is 0 Å². The van der Waals surface area contributed by atoms with E-state index >= 15 is 5.11 Å². The number of hydrogen-bond donors (Lipinski definition) is 1. The van der Waals surface area contributed by atoms with Gasteiger partial charge >= 0.3 is 0 Å². The summed E-state index contributed by atoms with van der Waals surface area (Å²) in [6.07, 6.45) is 0. The van der Waals surface area contributed by atoms with Gasteiger partial charge in [-0.05, 0) is 104 Å². The zero-order valence-electron chi connectivity index (χ0n) is 40.4. The van der Waals surface area contributed by atoms with E-state index in [-0.39, 0.29) is 0 Å². The molecule has 7 aromatic carbocycles. The lowest BCUT2D eigenvalue weighted by atomic mass is 9.82. The molecule has 0 fully saturated rings. The minimum atomic E-state index is -3.31. The quantitative estimate of drug-likeness (QED) is 0.0764. The summed E-state index contributed by atoms with van der Waals surface area (Å²) in [5.41, 5.74) is 0.951. The van der Waals surface area contributed by atoms with Crippen molar-refractivity contribution in [1.82, 2.24) is 0 Å². The average Bonchev–Trinajstić information content (AvgIpc) is 3.32. The Morgan fingerprint density at radius 3 is 1.07 bits per heavy atom. The summed E-state index contributed by atoms with van der Waals surface area (Å²) in [4.78, 5) is 0. The van der Waals surface area contributed by atoms with Crippen LogP contribution in [0.1, 0.15) is 11.1 Å². The third-order valence-corrected chi connectivity index (χ3v) is 25.5. The van der Waals surface area contributed by atoms with E-state index < -0.39 is 58.9 Å². The van der Waals surface area contributed by atoms with E-state index in [1.165, 1.54) is 0 Å². The smallest absolute Gasteiger partial charge is 0.288 e. The van der Waals surface area contributed by atoms with Crippen molar-refractivity contribution in [3.8, 4) is 11.5 Å². The van der Waals surface area contributed by atoms with E-state index in [0.717, 1.165) is 25.9 Å². The van der Waals surface area contributed by atoms with E-state index in [1.807, 2.05) is 140 Å². The molecule has 12 heteroatoms. The molecule has 346 valence electrons. The second kappa shape index (κ2) is 18.5. The van der Waals surface area contributed by atoms with Gasteiger partial charge in [0, 0.05) is 5.56 Å². The largest absolute Gasteiger partial charge is 0.539 e. The summed E-state index contributed by atoms with van der Waals surface area (Å²) >= 11 is 0. The second-order valence-corrected chi connectivity index (χ2v) is 38.9. The van der Waals surface area contributed by atoms with Crippen LogP contribution in [0.4, 0.5) is 0 Å². The Hall–Kier alpha value is -4.98. The van der Waals surface area contributed by atoms with Crippen LogP contribution >= 0.6 is 0 Å². The summed E-state index contributed by atoms with van der Waals surface area (Å²) < 4.78 is 47.4. The fourth-order valence-electron chi connectivity index (χ4n) is 9.29. The van der Waals surface area contributed by atoms with Crippen molar-refractivity contribution in [3.63, 3.8) is 0 Å². The van der Waals surface area contributed by atoms with Gasteiger partial charge in [-0.3, -0.25) is 0 Å². The van der Waals surface area contributed by atoms with Gasteiger partial charge in [0.05, 0.1) is 5.56 Å². The molecule has 0 saturated heterocycles. The van der Waals surface area contributed by atoms with Crippen molar-refractivity contribution in [2.75, 3.05) is 0 Å². The third-order valence-electron chi connectivity index (χ3n) is 12.9. The lowest BCUT2D eigenvalue weighted by Crippen LogP contribution is -2.80. The van der Waals surface area contributed by atoms with Gasteiger partial charge in [0.15, 0.2) is 0 Å². The summed E-state index contributed by atoms with van der Waals surface area (Å²) in [6, 6.07) is 66.8. The Balaban J connectivity index is 1.56. The highest BCUT2D eigenvalue weighted by Gasteiger charge is 2.78. The SMILES string of the molecule is C[Si](C)(Oc1cccc2c1C(O[Si](C)(C)c1ccccc1)(O[Si](C)(C)c1ccccc1)C(O)(O[Si](C)(C)c1ccccc1)C(O[Si](C)(C)c1ccccc1)(c1ccccc1)O2)c1ccccc1. The highest BCUT2D eigenvalue weighted by Crippen LogP contribution is 2.62. The predicted octanol–water partition coefficient (Wildman–Crippen LogP) is 9.78. The minimum absolute atomic E-state index is 0.389. The first-order valence-corrected chi connectivity index (χ1v) is 37.7. The molecule has 0 aromatic heterocycles. The number of hydrogen-bond acceptors (Lipinski definition) is 7. The van der Waals surface area contributed by atoms with Gasteiger partial charge in [-0.15, -0.1) is 0 Å². The monoisotopic (exact) mass is 976 g/mol. The zero-order valence-corrected chi connectivity index (χ0v) is 45.4. The van der Waals surface area contributed by atoms with Gasteiger partial charge in [-0.1, -0.05) is 188 Å². The third kappa shape index (κ3) is 9.32. The fraction of sp³-hybridized carbons (Fsp3) is 0.236. The Bertz CT molecular complexity index is 2690. The Morgan fingerprint density at radius 2 is 0.687 bits per heavy atom. The van der Waals surface area contributed by atoms with Crippen LogP contribution in [0.3, 0.4) is 0 Å². The molecule has 1 heterocycles. The lowest BCUT2D eigenvalue weighted by Gasteiger charge is -2.62. The molecule has 67 heavy (non-hydrogen) atoms. The van der Waals surface area contributed by atoms with E-state index in [1.54, 1.807) is 0 Å². The number of rotatable bonds is 16. The molecule has 0 spiro atoms. The Kier molecular flexibility index (Phi) is 13.4. The summed E-state index contributed by atoms with van der Waals surface area (Å²) in [5, 5.41) is 20.5. The number of fused-ring (bicyclic) bond motifs is 1. The fourth-order valence-corrected chi connectivity index (χ4v) is 19.7. The standard InChI is InChI=1S/C55H64O7Si5/c1-63(2,45-32-19-12-20-33-45)58-51-43-29-42-50-52(51)54(60-65(5,6)47-36-23-14-24-37-47,61-66(7,8)48-38-25-15-26-39-48)55(56,62-67(9,10)49-40-27-16-28-41-49)53(57-50,44-30-17-11-18-31-44)59-64(3,4)46-34-21-13-22-35-46/h11-43,56H,1-10H3. The molecule has 7 nitrogen and oxygen atoms in total. The van der Waals surface area contributed by atoms with E-state index in [2.05, 4.69) is 126 Å². The first kappa shape index (κ1) is 48.5. The molecular weight excluding hydrogens is 913 g/mol.